The minimum absolute atomic E-state index is 0.544. The van der Waals surface area contributed by atoms with Crippen LogP contribution in [0.3, 0.4) is 0 Å². The maximum absolute atomic E-state index is 5.05. The van der Waals surface area contributed by atoms with Crippen LogP contribution in [0.25, 0.3) is 0 Å². The van der Waals surface area contributed by atoms with Crippen molar-refractivity contribution in [3.05, 3.63) is 10.6 Å². The molecule has 2 fully saturated rings. The van der Waals surface area contributed by atoms with Gasteiger partial charge in [-0.2, -0.15) is 0 Å². The van der Waals surface area contributed by atoms with Gasteiger partial charge in [0, 0.05) is 36.5 Å². The Morgan fingerprint density at radius 2 is 2.14 bits per heavy atom. The Morgan fingerprint density at radius 3 is 2.81 bits per heavy atom. The maximum Gasteiger partial charge on any atom is 0.185 e. The summed E-state index contributed by atoms with van der Waals surface area (Å²) in [6.45, 7) is 10.2. The Hall–Kier alpha value is -0.610. The number of hydrogen-bond donors (Lipinski definition) is 1. The lowest BCUT2D eigenvalue weighted by Crippen LogP contribution is -2.35. The fraction of sp³-hybridized carbons (Fsp3) is 0.824. The number of piperidine rings is 1. The van der Waals surface area contributed by atoms with E-state index in [0.717, 1.165) is 18.4 Å². The fourth-order valence-electron chi connectivity index (χ4n) is 3.16. The first-order valence-corrected chi connectivity index (χ1v) is 9.47. The zero-order valence-corrected chi connectivity index (χ0v) is 14.5. The molecule has 1 saturated carbocycles. The SMILES string of the molecule is CCC1CCCN(c2nc(C3CC3)c(CNC(C)C)s2)C1. The maximum atomic E-state index is 5.05. The highest BCUT2D eigenvalue weighted by atomic mass is 32.1. The molecule has 2 heterocycles. The topological polar surface area (TPSA) is 28.2 Å². The molecule has 1 atom stereocenters. The third-order valence-corrected chi connectivity index (χ3v) is 5.85. The summed E-state index contributed by atoms with van der Waals surface area (Å²) in [6.07, 6.45) is 6.72. The highest BCUT2D eigenvalue weighted by Crippen LogP contribution is 2.44. The smallest absolute Gasteiger partial charge is 0.185 e. The third-order valence-electron chi connectivity index (χ3n) is 4.72. The van der Waals surface area contributed by atoms with Crippen molar-refractivity contribution in [1.29, 1.82) is 0 Å². The molecular formula is C17H29N3S. The lowest BCUT2D eigenvalue weighted by Gasteiger charge is -2.32. The number of nitrogens with one attached hydrogen (secondary N) is 1. The van der Waals surface area contributed by atoms with Crippen LogP contribution < -0.4 is 10.2 Å². The van der Waals surface area contributed by atoms with Crippen LogP contribution in [0, 0.1) is 5.92 Å². The average molecular weight is 308 g/mol. The molecule has 0 bridgehead atoms. The first kappa shape index (κ1) is 15.3. The van der Waals surface area contributed by atoms with Crippen molar-refractivity contribution in [2.45, 2.75) is 71.4 Å². The normalized spacial score (nSPS) is 23.0. The standard InChI is InChI=1S/C17H29N3S/c1-4-13-6-5-9-20(11-13)17-19-16(14-7-8-14)15(21-17)10-18-12(2)3/h12-14,18H,4-11H2,1-3H3. The van der Waals surface area contributed by atoms with E-state index in [9.17, 15) is 0 Å². The van der Waals surface area contributed by atoms with Crippen LogP contribution in [0.2, 0.25) is 0 Å². The lowest BCUT2D eigenvalue weighted by atomic mass is 9.96. The number of anilines is 1. The van der Waals surface area contributed by atoms with Crippen LogP contribution in [0.5, 0.6) is 0 Å². The van der Waals surface area contributed by atoms with E-state index in [1.165, 1.54) is 60.9 Å². The fourth-order valence-corrected chi connectivity index (χ4v) is 4.29. The van der Waals surface area contributed by atoms with E-state index in [-0.39, 0.29) is 0 Å². The van der Waals surface area contributed by atoms with Gasteiger partial charge in [0.2, 0.25) is 0 Å². The number of rotatable bonds is 6. The minimum Gasteiger partial charge on any atom is -0.348 e. The van der Waals surface area contributed by atoms with Crippen LogP contribution in [-0.2, 0) is 6.54 Å². The van der Waals surface area contributed by atoms with E-state index in [2.05, 4.69) is 31.0 Å². The van der Waals surface area contributed by atoms with Crippen LogP contribution in [0.15, 0.2) is 0 Å². The van der Waals surface area contributed by atoms with Crippen molar-refractivity contribution < 1.29 is 0 Å². The van der Waals surface area contributed by atoms with Crippen molar-refractivity contribution in [2.24, 2.45) is 5.92 Å². The van der Waals surface area contributed by atoms with E-state index in [1.807, 2.05) is 11.3 Å². The van der Waals surface area contributed by atoms with Crippen LogP contribution >= 0.6 is 11.3 Å². The van der Waals surface area contributed by atoms with Gasteiger partial charge in [0.15, 0.2) is 5.13 Å². The largest absolute Gasteiger partial charge is 0.348 e. The summed E-state index contributed by atoms with van der Waals surface area (Å²) in [7, 11) is 0. The van der Waals surface area contributed by atoms with Gasteiger partial charge >= 0.3 is 0 Å². The number of aromatic nitrogens is 1. The van der Waals surface area contributed by atoms with Gasteiger partial charge in [-0.3, -0.25) is 0 Å². The van der Waals surface area contributed by atoms with Gasteiger partial charge in [-0.15, -0.1) is 11.3 Å². The summed E-state index contributed by atoms with van der Waals surface area (Å²) < 4.78 is 0. The molecule has 1 unspecified atom stereocenters. The molecule has 1 aromatic heterocycles. The van der Waals surface area contributed by atoms with Gasteiger partial charge < -0.3 is 10.2 Å². The Bertz CT molecular complexity index is 465. The van der Waals surface area contributed by atoms with Crippen molar-refractivity contribution in [2.75, 3.05) is 18.0 Å². The van der Waals surface area contributed by atoms with Gasteiger partial charge in [-0.05, 0) is 31.6 Å². The average Bonchev–Trinajstić information content (AvgIpc) is 3.25. The Kier molecular flexibility index (Phi) is 4.85. The van der Waals surface area contributed by atoms with Crippen LogP contribution in [-0.4, -0.2) is 24.1 Å². The second-order valence-electron chi connectivity index (χ2n) is 6.98. The molecule has 21 heavy (non-hydrogen) atoms. The predicted octanol–water partition coefficient (Wildman–Crippen LogP) is 4.14. The highest BCUT2D eigenvalue weighted by Gasteiger charge is 2.31. The molecular weight excluding hydrogens is 278 g/mol. The molecule has 1 aromatic rings. The molecule has 0 radical (unpaired) electrons. The summed E-state index contributed by atoms with van der Waals surface area (Å²) in [5, 5.41) is 4.86. The molecule has 3 nitrogen and oxygen atoms in total. The van der Waals surface area contributed by atoms with Crippen molar-refractivity contribution in [1.82, 2.24) is 10.3 Å². The zero-order chi connectivity index (χ0) is 14.8. The summed E-state index contributed by atoms with van der Waals surface area (Å²) in [5.74, 6) is 1.62. The van der Waals surface area contributed by atoms with Gasteiger partial charge in [-0.1, -0.05) is 27.2 Å². The Balaban J connectivity index is 1.74. The molecule has 3 rings (SSSR count). The lowest BCUT2D eigenvalue weighted by molar-refractivity contribution is 0.404. The van der Waals surface area contributed by atoms with E-state index in [1.54, 1.807) is 0 Å². The van der Waals surface area contributed by atoms with Crippen molar-refractivity contribution in [3.8, 4) is 0 Å². The van der Waals surface area contributed by atoms with Crippen LogP contribution in [0.1, 0.15) is 69.4 Å². The summed E-state index contributed by atoms with van der Waals surface area (Å²) in [4.78, 5) is 9.08. The van der Waals surface area contributed by atoms with Gasteiger partial charge in [-0.25, -0.2) is 4.98 Å². The van der Waals surface area contributed by atoms with Gasteiger partial charge in [0.1, 0.15) is 0 Å². The molecule has 1 N–H and O–H groups in total. The summed E-state index contributed by atoms with van der Waals surface area (Å²) in [6, 6.07) is 0.544. The molecule has 1 aliphatic heterocycles. The third kappa shape index (κ3) is 3.78. The highest BCUT2D eigenvalue weighted by molar-refractivity contribution is 7.15. The molecule has 4 heteroatoms. The van der Waals surface area contributed by atoms with Crippen molar-refractivity contribution >= 4 is 16.5 Å². The molecule has 1 aliphatic carbocycles. The van der Waals surface area contributed by atoms with Gasteiger partial charge in [0.25, 0.3) is 0 Å². The molecule has 1 saturated heterocycles. The number of nitrogens with zero attached hydrogens (tertiary/aromatic N) is 2. The first-order chi connectivity index (χ1) is 10.2. The second kappa shape index (κ2) is 6.66. The minimum atomic E-state index is 0.544. The molecule has 2 aliphatic rings. The zero-order valence-electron chi connectivity index (χ0n) is 13.7. The molecule has 118 valence electrons. The molecule has 0 aromatic carbocycles. The Morgan fingerprint density at radius 1 is 1.33 bits per heavy atom. The summed E-state index contributed by atoms with van der Waals surface area (Å²) in [5.41, 5.74) is 1.40. The second-order valence-corrected chi connectivity index (χ2v) is 8.04. The van der Waals surface area contributed by atoms with E-state index >= 15 is 0 Å². The van der Waals surface area contributed by atoms with E-state index in [0.29, 0.717) is 6.04 Å². The van der Waals surface area contributed by atoms with Crippen LogP contribution in [0.4, 0.5) is 5.13 Å². The Labute approximate surface area is 133 Å². The van der Waals surface area contributed by atoms with Gasteiger partial charge in [0.05, 0.1) is 5.69 Å². The number of thiazole rings is 1. The quantitative estimate of drug-likeness (QED) is 0.856. The number of hydrogen-bond acceptors (Lipinski definition) is 4. The molecule has 0 spiro atoms. The monoisotopic (exact) mass is 307 g/mol. The van der Waals surface area contributed by atoms with E-state index < -0.39 is 0 Å². The van der Waals surface area contributed by atoms with E-state index in [4.69, 9.17) is 4.98 Å². The van der Waals surface area contributed by atoms with Crippen molar-refractivity contribution in [3.63, 3.8) is 0 Å². The first-order valence-electron chi connectivity index (χ1n) is 8.65. The summed E-state index contributed by atoms with van der Waals surface area (Å²) >= 11 is 1.94. The molecule has 0 amide bonds. The predicted molar refractivity (Wildman–Crippen MR) is 91.3 cm³/mol.